The maximum absolute atomic E-state index is 12.5. The van der Waals surface area contributed by atoms with E-state index in [1.807, 2.05) is 31.2 Å². The van der Waals surface area contributed by atoms with Crippen LogP contribution in [0.3, 0.4) is 0 Å². The standard InChI is InChI=1S/C18H25NO3/c1-4-22-18(20)17(14-9-11-15(21-3)12-10-14)16-8-6-5-7-13-19(16)2/h9-12H,4-8,13H2,1-3H3. The molecule has 1 aliphatic rings. The fourth-order valence-electron chi connectivity index (χ4n) is 2.82. The molecule has 1 aliphatic heterocycles. The lowest BCUT2D eigenvalue weighted by atomic mass is 10.0. The topological polar surface area (TPSA) is 38.8 Å². The first-order chi connectivity index (χ1) is 10.7. The fraction of sp³-hybridized carbons (Fsp3) is 0.500. The monoisotopic (exact) mass is 303 g/mol. The molecule has 1 aromatic rings. The molecular weight excluding hydrogens is 278 g/mol. The molecule has 4 heteroatoms. The highest BCUT2D eigenvalue weighted by Gasteiger charge is 2.22. The van der Waals surface area contributed by atoms with Crippen molar-refractivity contribution >= 4 is 11.5 Å². The lowest BCUT2D eigenvalue weighted by Crippen LogP contribution is -2.21. The molecule has 0 atom stereocenters. The lowest BCUT2D eigenvalue weighted by Gasteiger charge is -2.23. The zero-order valence-electron chi connectivity index (χ0n) is 13.7. The van der Waals surface area contributed by atoms with Gasteiger partial charge in [-0.25, -0.2) is 4.79 Å². The SMILES string of the molecule is CCOC(=O)C(=C1CCCCCN1C)c1ccc(OC)cc1. The Hall–Kier alpha value is -1.97. The van der Waals surface area contributed by atoms with Gasteiger partial charge in [0.25, 0.3) is 0 Å². The zero-order valence-corrected chi connectivity index (χ0v) is 13.7. The van der Waals surface area contributed by atoms with E-state index in [4.69, 9.17) is 9.47 Å². The molecule has 0 N–H and O–H groups in total. The second-order valence-electron chi connectivity index (χ2n) is 5.50. The number of carbonyl (C=O) groups excluding carboxylic acids is 1. The van der Waals surface area contributed by atoms with Crippen LogP contribution in [-0.4, -0.2) is 38.2 Å². The molecule has 0 amide bonds. The number of methoxy groups -OCH3 is 1. The highest BCUT2D eigenvalue weighted by atomic mass is 16.5. The molecule has 0 radical (unpaired) electrons. The number of nitrogens with zero attached hydrogens (tertiary/aromatic N) is 1. The normalized spacial score (nSPS) is 17.7. The Balaban J connectivity index is 2.46. The van der Waals surface area contributed by atoms with Gasteiger partial charge in [-0.05, 0) is 43.9 Å². The Morgan fingerprint density at radius 3 is 2.55 bits per heavy atom. The summed E-state index contributed by atoms with van der Waals surface area (Å²) in [4.78, 5) is 14.7. The predicted octanol–water partition coefficient (Wildman–Crippen LogP) is 3.48. The third-order valence-corrected chi connectivity index (χ3v) is 4.01. The maximum Gasteiger partial charge on any atom is 0.340 e. The van der Waals surface area contributed by atoms with E-state index in [0.717, 1.165) is 36.4 Å². The minimum Gasteiger partial charge on any atom is -0.497 e. The summed E-state index contributed by atoms with van der Waals surface area (Å²) >= 11 is 0. The minimum absolute atomic E-state index is 0.239. The molecule has 120 valence electrons. The largest absolute Gasteiger partial charge is 0.497 e. The van der Waals surface area contributed by atoms with Gasteiger partial charge < -0.3 is 14.4 Å². The van der Waals surface area contributed by atoms with E-state index in [2.05, 4.69) is 11.9 Å². The van der Waals surface area contributed by atoms with Gasteiger partial charge in [0.15, 0.2) is 0 Å². The van der Waals surface area contributed by atoms with E-state index in [0.29, 0.717) is 12.2 Å². The van der Waals surface area contributed by atoms with Crippen LogP contribution in [0.1, 0.15) is 38.2 Å². The Labute approximate surface area is 132 Å². The van der Waals surface area contributed by atoms with Crippen LogP contribution in [0.25, 0.3) is 5.57 Å². The average Bonchev–Trinajstić information content (AvgIpc) is 2.74. The predicted molar refractivity (Wildman–Crippen MR) is 87.6 cm³/mol. The minimum atomic E-state index is -0.239. The van der Waals surface area contributed by atoms with Crippen LogP contribution in [0.2, 0.25) is 0 Å². The van der Waals surface area contributed by atoms with Crippen LogP contribution in [0.15, 0.2) is 30.0 Å². The average molecular weight is 303 g/mol. The summed E-state index contributed by atoms with van der Waals surface area (Å²) in [6, 6.07) is 7.62. The number of carbonyl (C=O) groups is 1. The summed E-state index contributed by atoms with van der Waals surface area (Å²) in [7, 11) is 3.70. The van der Waals surface area contributed by atoms with Crippen LogP contribution in [0, 0.1) is 0 Å². The van der Waals surface area contributed by atoms with Crippen molar-refractivity contribution in [3.63, 3.8) is 0 Å². The number of allylic oxidation sites excluding steroid dienone is 1. The number of ether oxygens (including phenoxy) is 2. The van der Waals surface area contributed by atoms with Crippen molar-refractivity contribution in [1.82, 2.24) is 4.90 Å². The molecule has 0 aliphatic carbocycles. The number of esters is 1. The quantitative estimate of drug-likeness (QED) is 0.630. The van der Waals surface area contributed by atoms with Gasteiger partial charge in [0.2, 0.25) is 0 Å². The van der Waals surface area contributed by atoms with Gasteiger partial charge in [-0.1, -0.05) is 18.6 Å². The Bertz CT molecular complexity index is 534. The Morgan fingerprint density at radius 2 is 1.91 bits per heavy atom. The number of benzene rings is 1. The molecule has 1 saturated heterocycles. The number of hydrogen-bond acceptors (Lipinski definition) is 4. The van der Waals surface area contributed by atoms with Gasteiger partial charge in [0, 0.05) is 19.3 Å². The van der Waals surface area contributed by atoms with E-state index in [9.17, 15) is 4.79 Å². The molecule has 4 nitrogen and oxygen atoms in total. The first kappa shape index (κ1) is 16.4. The van der Waals surface area contributed by atoms with E-state index in [1.54, 1.807) is 7.11 Å². The summed E-state index contributed by atoms with van der Waals surface area (Å²) < 4.78 is 10.5. The molecule has 0 unspecified atom stereocenters. The summed E-state index contributed by atoms with van der Waals surface area (Å²) in [6.07, 6.45) is 4.39. The molecule has 1 fully saturated rings. The molecule has 22 heavy (non-hydrogen) atoms. The van der Waals surface area contributed by atoms with Crippen molar-refractivity contribution < 1.29 is 14.3 Å². The Morgan fingerprint density at radius 1 is 1.18 bits per heavy atom. The fourth-order valence-corrected chi connectivity index (χ4v) is 2.82. The van der Waals surface area contributed by atoms with Crippen molar-refractivity contribution in [1.29, 1.82) is 0 Å². The smallest absolute Gasteiger partial charge is 0.340 e. The first-order valence-corrected chi connectivity index (χ1v) is 7.93. The second kappa shape index (κ2) is 7.87. The lowest BCUT2D eigenvalue weighted by molar-refractivity contribution is -0.136. The molecule has 1 heterocycles. The van der Waals surface area contributed by atoms with Crippen molar-refractivity contribution in [2.75, 3.05) is 27.3 Å². The van der Waals surface area contributed by atoms with Crippen LogP contribution in [0.4, 0.5) is 0 Å². The van der Waals surface area contributed by atoms with Gasteiger partial charge in [-0.15, -0.1) is 0 Å². The molecule has 2 rings (SSSR count). The van der Waals surface area contributed by atoms with Gasteiger partial charge in [0.1, 0.15) is 5.75 Å². The van der Waals surface area contributed by atoms with Crippen molar-refractivity contribution in [2.45, 2.75) is 32.6 Å². The van der Waals surface area contributed by atoms with Crippen LogP contribution < -0.4 is 4.74 Å². The van der Waals surface area contributed by atoms with Crippen molar-refractivity contribution in [3.8, 4) is 5.75 Å². The van der Waals surface area contributed by atoms with Crippen molar-refractivity contribution in [3.05, 3.63) is 35.5 Å². The highest BCUT2D eigenvalue weighted by Crippen LogP contribution is 2.29. The molecule has 0 aromatic heterocycles. The first-order valence-electron chi connectivity index (χ1n) is 7.93. The summed E-state index contributed by atoms with van der Waals surface area (Å²) in [6.45, 7) is 3.20. The number of likely N-dealkylation sites (tertiary alicyclic amines) is 1. The molecule has 1 aromatic carbocycles. The van der Waals surface area contributed by atoms with Crippen molar-refractivity contribution in [2.24, 2.45) is 0 Å². The van der Waals surface area contributed by atoms with Crippen LogP contribution in [-0.2, 0) is 9.53 Å². The van der Waals surface area contributed by atoms with E-state index in [-0.39, 0.29) is 5.97 Å². The van der Waals surface area contributed by atoms with Crippen LogP contribution in [0.5, 0.6) is 5.75 Å². The summed E-state index contributed by atoms with van der Waals surface area (Å²) in [5, 5.41) is 0. The summed E-state index contributed by atoms with van der Waals surface area (Å²) in [5.74, 6) is 0.544. The Kier molecular flexibility index (Phi) is 5.87. The van der Waals surface area contributed by atoms with E-state index < -0.39 is 0 Å². The van der Waals surface area contributed by atoms with Gasteiger partial charge in [-0.3, -0.25) is 0 Å². The molecule has 0 spiro atoms. The van der Waals surface area contributed by atoms with Gasteiger partial charge >= 0.3 is 5.97 Å². The van der Waals surface area contributed by atoms with Crippen LogP contribution >= 0.6 is 0 Å². The van der Waals surface area contributed by atoms with Gasteiger partial charge in [0.05, 0.1) is 19.3 Å². The maximum atomic E-state index is 12.5. The molecule has 0 saturated carbocycles. The molecule has 0 bridgehead atoms. The number of rotatable bonds is 4. The van der Waals surface area contributed by atoms with Gasteiger partial charge in [-0.2, -0.15) is 0 Å². The third kappa shape index (κ3) is 3.81. The summed E-state index contributed by atoms with van der Waals surface area (Å²) in [5.41, 5.74) is 2.66. The second-order valence-corrected chi connectivity index (χ2v) is 5.50. The van der Waals surface area contributed by atoms with E-state index >= 15 is 0 Å². The molecular formula is C18H25NO3. The number of hydrogen-bond donors (Lipinski definition) is 0. The zero-order chi connectivity index (χ0) is 15.9. The van der Waals surface area contributed by atoms with E-state index in [1.165, 1.54) is 12.8 Å². The highest BCUT2D eigenvalue weighted by molar-refractivity contribution is 6.17. The third-order valence-electron chi connectivity index (χ3n) is 4.01.